The van der Waals surface area contributed by atoms with Crippen molar-refractivity contribution in [3.05, 3.63) is 88.5 Å². The Hall–Kier alpha value is -4.60. The number of nitrogens with one attached hydrogen (secondary N) is 1. The van der Waals surface area contributed by atoms with Crippen molar-refractivity contribution in [2.24, 2.45) is 0 Å². The van der Waals surface area contributed by atoms with Crippen molar-refractivity contribution >= 4 is 17.4 Å². The number of halogens is 1. The van der Waals surface area contributed by atoms with Gasteiger partial charge in [-0.2, -0.15) is 4.52 Å². The van der Waals surface area contributed by atoms with Crippen LogP contribution < -0.4 is 17.0 Å². The Morgan fingerprint density at radius 1 is 0.938 bits per heavy atom. The van der Waals surface area contributed by atoms with Gasteiger partial charge in [0.05, 0.1) is 23.4 Å². The molecular formula is C22H17FN8O. The molecule has 0 saturated carbocycles. The van der Waals surface area contributed by atoms with Gasteiger partial charge >= 0.3 is 0 Å². The zero-order chi connectivity index (χ0) is 22.2. The van der Waals surface area contributed by atoms with E-state index >= 15 is 0 Å². The summed E-state index contributed by atoms with van der Waals surface area (Å²) in [5.74, 6) is 0.623. The van der Waals surface area contributed by atoms with Crippen LogP contribution in [0.5, 0.6) is 0 Å². The fraction of sp³-hybridized carbons (Fsp3) is 0.0455. The highest BCUT2D eigenvalue weighted by Gasteiger charge is 2.20. The molecule has 0 saturated heterocycles. The van der Waals surface area contributed by atoms with E-state index in [1.807, 2.05) is 12.1 Å². The second-order valence-electron chi connectivity index (χ2n) is 7.14. The molecular weight excluding hydrogens is 411 g/mol. The van der Waals surface area contributed by atoms with E-state index in [1.165, 1.54) is 22.7 Å². The van der Waals surface area contributed by atoms with E-state index in [4.69, 9.17) is 11.5 Å². The number of anilines is 2. The zero-order valence-electron chi connectivity index (χ0n) is 16.7. The first-order valence-electron chi connectivity index (χ1n) is 9.69. The Balaban J connectivity index is 1.74. The van der Waals surface area contributed by atoms with Crippen LogP contribution in [-0.2, 0) is 6.42 Å². The maximum Gasteiger partial charge on any atom is 0.247 e. The maximum atomic E-state index is 13.5. The SMILES string of the molecule is Nc1cccc(Cc2nc3c(-c4ccc(=O)[nH]c4)c(-c4ccc(F)cc4)nc(N)n3n2)n1. The molecule has 0 radical (unpaired) electrons. The van der Waals surface area contributed by atoms with Crippen molar-refractivity contribution in [2.45, 2.75) is 6.42 Å². The van der Waals surface area contributed by atoms with Crippen LogP contribution in [-0.4, -0.2) is 29.5 Å². The quantitative estimate of drug-likeness (QED) is 0.399. The van der Waals surface area contributed by atoms with Crippen LogP contribution in [0.3, 0.4) is 0 Å². The van der Waals surface area contributed by atoms with E-state index < -0.39 is 0 Å². The van der Waals surface area contributed by atoms with Gasteiger partial charge in [0.2, 0.25) is 11.5 Å². The van der Waals surface area contributed by atoms with Crippen molar-refractivity contribution in [3.63, 3.8) is 0 Å². The molecule has 158 valence electrons. The number of hydrogen-bond donors (Lipinski definition) is 3. The maximum absolute atomic E-state index is 13.5. The minimum absolute atomic E-state index is 0.117. The van der Waals surface area contributed by atoms with E-state index in [1.54, 1.807) is 30.5 Å². The van der Waals surface area contributed by atoms with E-state index in [9.17, 15) is 9.18 Å². The number of H-pyrrole nitrogens is 1. The summed E-state index contributed by atoms with van der Waals surface area (Å²) in [6.07, 6.45) is 1.90. The molecule has 0 aliphatic heterocycles. The summed E-state index contributed by atoms with van der Waals surface area (Å²) >= 11 is 0. The van der Waals surface area contributed by atoms with Crippen LogP contribution in [0.1, 0.15) is 11.5 Å². The number of aromatic nitrogens is 6. The normalized spacial score (nSPS) is 11.2. The van der Waals surface area contributed by atoms with Gasteiger partial charge in [0, 0.05) is 23.4 Å². The Morgan fingerprint density at radius 3 is 2.44 bits per heavy atom. The van der Waals surface area contributed by atoms with Crippen molar-refractivity contribution in [1.82, 2.24) is 29.5 Å². The largest absolute Gasteiger partial charge is 0.384 e. The Kier molecular flexibility index (Phi) is 4.59. The lowest BCUT2D eigenvalue weighted by atomic mass is 10.0. The van der Waals surface area contributed by atoms with Crippen LogP contribution in [0.25, 0.3) is 28.0 Å². The molecule has 9 nitrogen and oxygen atoms in total. The summed E-state index contributed by atoms with van der Waals surface area (Å²) in [7, 11) is 0. The second-order valence-corrected chi connectivity index (χ2v) is 7.14. The topological polar surface area (TPSA) is 141 Å². The predicted octanol–water partition coefficient (Wildman–Crippen LogP) is 2.44. The third kappa shape index (κ3) is 3.54. The minimum Gasteiger partial charge on any atom is -0.384 e. The molecule has 5 aromatic rings. The highest BCUT2D eigenvalue weighted by molar-refractivity contribution is 5.90. The highest BCUT2D eigenvalue weighted by atomic mass is 19.1. The third-order valence-corrected chi connectivity index (χ3v) is 4.91. The second kappa shape index (κ2) is 7.58. The standard InChI is InChI=1S/C22H17FN8O/c23-14-7-4-12(5-8-14)20-19(13-6-9-18(32)26-11-13)21-28-17(30-31(21)22(25)29-20)10-15-2-1-3-16(24)27-15/h1-9,11H,10H2,(H2,24,27)(H2,25,29)(H,26,32). The first kappa shape index (κ1) is 19.4. The average molecular weight is 428 g/mol. The summed E-state index contributed by atoms with van der Waals surface area (Å²) in [5.41, 5.74) is 15.3. The molecule has 0 unspecified atom stereocenters. The number of nitrogens with zero attached hydrogens (tertiary/aromatic N) is 5. The average Bonchev–Trinajstić information content (AvgIpc) is 3.19. The van der Waals surface area contributed by atoms with Gasteiger partial charge in [-0.15, -0.1) is 5.10 Å². The van der Waals surface area contributed by atoms with E-state index in [2.05, 4.69) is 25.0 Å². The number of benzene rings is 1. The molecule has 10 heteroatoms. The molecule has 0 fully saturated rings. The lowest BCUT2D eigenvalue weighted by Crippen LogP contribution is -2.07. The molecule has 32 heavy (non-hydrogen) atoms. The fourth-order valence-corrected chi connectivity index (χ4v) is 3.48. The first-order chi connectivity index (χ1) is 15.5. The number of nitrogens with two attached hydrogens (primary N) is 2. The van der Waals surface area contributed by atoms with Gasteiger partial charge in [0.15, 0.2) is 11.5 Å². The van der Waals surface area contributed by atoms with Crippen molar-refractivity contribution in [2.75, 3.05) is 11.5 Å². The predicted molar refractivity (Wildman–Crippen MR) is 118 cm³/mol. The van der Waals surface area contributed by atoms with Gasteiger partial charge in [-0.25, -0.2) is 19.3 Å². The number of rotatable bonds is 4. The van der Waals surface area contributed by atoms with Gasteiger partial charge in [0.1, 0.15) is 11.6 Å². The van der Waals surface area contributed by atoms with Gasteiger partial charge < -0.3 is 16.5 Å². The number of nitrogen functional groups attached to an aromatic ring is 2. The number of pyridine rings is 2. The van der Waals surface area contributed by atoms with E-state index in [-0.39, 0.29) is 17.3 Å². The van der Waals surface area contributed by atoms with E-state index in [0.717, 1.165) is 0 Å². The van der Waals surface area contributed by atoms with Crippen LogP contribution in [0, 0.1) is 5.82 Å². The van der Waals surface area contributed by atoms with Crippen LogP contribution in [0.15, 0.2) is 65.6 Å². The molecule has 0 aliphatic rings. The summed E-state index contributed by atoms with van der Waals surface area (Å²) in [5, 5.41) is 4.50. The molecule has 0 atom stereocenters. The van der Waals surface area contributed by atoms with Gasteiger partial charge in [0.25, 0.3) is 0 Å². The molecule has 4 aromatic heterocycles. The third-order valence-electron chi connectivity index (χ3n) is 4.91. The van der Waals surface area contributed by atoms with Crippen molar-refractivity contribution in [3.8, 4) is 22.4 Å². The molecule has 0 bridgehead atoms. The summed E-state index contributed by atoms with van der Waals surface area (Å²) in [6.45, 7) is 0. The van der Waals surface area contributed by atoms with Gasteiger partial charge in [-0.3, -0.25) is 4.79 Å². The van der Waals surface area contributed by atoms with Crippen LogP contribution >= 0.6 is 0 Å². The summed E-state index contributed by atoms with van der Waals surface area (Å²) in [6, 6.07) is 14.3. The molecule has 5 rings (SSSR count). The Labute approximate surface area is 180 Å². The van der Waals surface area contributed by atoms with Crippen LogP contribution in [0.4, 0.5) is 16.2 Å². The summed E-state index contributed by atoms with van der Waals surface area (Å²) in [4.78, 5) is 27.8. The minimum atomic E-state index is -0.368. The first-order valence-corrected chi connectivity index (χ1v) is 9.69. The van der Waals surface area contributed by atoms with Crippen molar-refractivity contribution in [1.29, 1.82) is 0 Å². The molecule has 4 heterocycles. The fourth-order valence-electron chi connectivity index (χ4n) is 3.48. The Bertz CT molecular complexity index is 1490. The zero-order valence-corrected chi connectivity index (χ0v) is 16.7. The number of fused-ring (bicyclic) bond motifs is 1. The number of hydrogen-bond acceptors (Lipinski definition) is 7. The molecule has 5 N–H and O–H groups in total. The van der Waals surface area contributed by atoms with Gasteiger partial charge in [-0.05, 0) is 42.5 Å². The number of aromatic amines is 1. The van der Waals surface area contributed by atoms with Crippen molar-refractivity contribution < 1.29 is 4.39 Å². The lowest BCUT2D eigenvalue weighted by molar-refractivity contribution is 0.628. The van der Waals surface area contributed by atoms with Gasteiger partial charge in [-0.1, -0.05) is 6.07 Å². The summed E-state index contributed by atoms with van der Waals surface area (Å²) < 4.78 is 15.0. The molecule has 1 aromatic carbocycles. The lowest BCUT2D eigenvalue weighted by Gasteiger charge is -2.11. The molecule has 0 aliphatic carbocycles. The smallest absolute Gasteiger partial charge is 0.247 e. The molecule has 0 amide bonds. The van der Waals surface area contributed by atoms with E-state index in [0.29, 0.717) is 51.8 Å². The van der Waals surface area contributed by atoms with Crippen LogP contribution in [0.2, 0.25) is 0 Å². The Morgan fingerprint density at radius 2 is 1.72 bits per heavy atom. The highest BCUT2D eigenvalue weighted by Crippen LogP contribution is 2.34. The molecule has 0 spiro atoms. The monoisotopic (exact) mass is 428 g/mol.